The molecule has 0 spiro atoms. The summed E-state index contributed by atoms with van der Waals surface area (Å²) in [7, 11) is 3.09. The average molecular weight is 315 g/mol. The third-order valence-electron chi connectivity index (χ3n) is 3.22. The fourth-order valence-electron chi connectivity index (χ4n) is 1.89. The van der Waals surface area contributed by atoms with E-state index in [-0.39, 0.29) is 11.9 Å². The van der Waals surface area contributed by atoms with Gasteiger partial charge in [-0.2, -0.15) is 0 Å². The van der Waals surface area contributed by atoms with Gasteiger partial charge in [-0.15, -0.1) is 0 Å². The largest absolute Gasteiger partial charge is 0.493 e. The van der Waals surface area contributed by atoms with Crippen molar-refractivity contribution < 1.29 is 14.3 Å². The summed E-state index contributed by atoms with van der Waals surface area (Å²) in [6, 6.07) is 3.71. The molecule has 3 N–H and O–H groups in total. The van der Waals surface area contributed by atoms with Crippen molar-refractivity contribution in [1.29, 1.82) is 0 Å². The van der Waals surface area contributed by atoms with E-state index in [2.05, 4.69) is 5.32 Å². The first-order chi connectivity index (χ1) is 9.92. The second-order valence-electron chi connectivity index (χ2n) is 4.86. The Hall–Kier alpha value is -1.46. The van der Waals surface area contributed by atoms with Gasteiger partial charge in [0.05, 0.1) is 12.1 Å². The molecule has 5 nitrogen and oxygen atoms in total. The standard InChI is InChI=1S/C15H23ClN2O3/c1-5-11(17)6-10-7-12(16)14(13(8-10)20-4)21-9(2)15(19)18-3/h7-9,11H,5-6,17H2,1-4H3,(H,18,19). The maximum absolute atomic E-state index is 11.5. The number of carbonyl (C=O) groups excluding carboxylic acids is 1. The summed E-state index contributed by atoms with van der Waals surface area (Å²) in [5.41, 5.74) is 6.93. The summed E-state index contributed by atoms with van der Waals surface area (Å²) in [5.74, 6) is 0.630. The van der Waals surface area contributed by atoms with Crippen molar-refractivity contribution in [2.24, 2.45) is 5.73 Å². The number of methoxy groups -OCH3 is 1. The van der Waals surface area contributed by atoms with Crippen LogP contribution in [0.3, 0.4) is 0 Å². The fourth-order valence-corrected chi connectivity index (χ4v) is 2.16. The summed E-state index contributed by atoms with van der Waals surface area (Å²) in [5, 5.41) is 2.93. The molecule has 2 atom stereocenters. The monoisotopic (exact) mass is 314 g/mol. The van der Waals surface area contributed by atoms with Gasteiger partial charge in [0.15, 0.2) is 17.6 Å². The van der Waals surface area contributed by atoms with Gasteiger partial charge >= 0.3 is 0 Å². The van der Waals surface area contributed by atoms with Crippen LogP contribution in [0.4, 0.5) is 0 Å². The Kier molecular flexibility index (Phi) is 6.78. The van der Waals surface area contributed by atoms with Gasteiger partial charge in [0.2, 0.25) is 0 Å². The summed E-state index contributed by atoms with van der Waals surface area (Å²) in [4.78, 5) is 11.5. The Bertz CT molecular complexity index is 494. The highest BCUT2D eigenvalue weighted by atomic mass is 35.5. The van der Waals surface area contributed by atoms with Crippen molar-refractivity contribution in [2.75, 3.05) is 14.2 Å². The quantitative estimate of drug-likeness (QED) is 0.808. The molecular weight excluding hydrogens is 292 g/mol. The lowest BCUT2D eigenvalue weighted by Crippen LogP contribution is -2.33. The lowest BCUT2D eigenvalue weighted by molar-refractivity contribution is -0.126. The van der Waals surface area contributed by atoms with Gasteiger partial charge < -0.3 is 20.5 Å². The number of rotatable bonds is 7. The van der Waals surface area contributed by atoms with Gasteiger partial charge in [0.25, 0.3) is 5.91 Å². The Morgan fingerprint density at radius 2 is 2.14 bits per heavy atom. The van der Waals surface area contributed by atoms with Gasteiger partial charge in [-0.1, -0.05) is 18.5 Å². The Labute approximate surface area is 130 Å². The van der Waals surface area contributed by atoms with Crippen LogP contribution in [0.15, 0.2) is 12.1 Å². The minimum Gasteiger partial charge on any atom is -0.493 e. The lowest BCUT2D eigenvalue weighted by atomic mass is 10.0. The molecule has 1 aromatic carbocycles. The maximum atomic E-state index is 11.5. The van der Waals surface area contributed by atoms with Crippen LogP contribution in [-0.2, 0) is 11.2 Å². The van der Waals surface area contributed by atoms with Crippen LogP contribution in [-0.4, -0.2) is 32.2 Å². The number of likely N-dealkylation sites (N-methyl/N-ethyl adjacent to an activating group) is 1. The van der Waals surface area contributed by atoms with Crippen LogP contribution in [0.2, 0.25) is 5.02 Å². The first-order valence-electron chi connectivity index (χ1n) is 6.93. The minimum atomic E-state index is -0.662. The molecule has 118 valence electrons. The van der Waals surface area contributed by atoms with E-state index in [1.165, 1.54) is 7.11 Å². The van der Waals surface area contributed by atoms with E-state index < -0.39 is 6.10 Å². The highest BCUT2D eigenvalue weighted by Gasteiger charge is 2.19. The molecule has 1 amide bonds. The topological polar surface area (TPSA) is 73.6 Å². The van der Waals surface area contributed by atoms with Gasteiger partial charge in [0.1, 0.15) is 0 Å². The number of halogens is 1. The zero-order valence-electron chi connectivity index (χ0n) is 12.9. The second kappa shape index (κ2) is 8.10. The van der Waals surface area contributed by atoms with Crippen LogP contribution >= 0.6 is 11.6 Å². The number of ether oxygens (including phenoxy) is 2. The molecule has 0 bridgehead atoms. The van der Waals surface area contributed by atoms with Crippen molar-refractivity contribution >= 4 is 17.5 Å². The maximum Gasteiger partial charge on any atom is 0.260 e. The first kappa shape index (κ1) is 17.6. The van der Waals surface area contributed by atoms with Crippen molar-refractivity contribution in [3.63, 3.8) is 0 Å². The van der Waals surface area contributed by atoms with Crippen LogP contribution in [0.25, 0.3) is 0 Å². The molecule has 0 radical (unpaired) electrons. The van der Waals surface area contributed by atoms with E-state index in [4.69, 9.17) is 26.8 Å². The highest BCUT2D eigenvalue weighted by molar-refractivity contribution is 6.32. The normalized spacial score (nSPS) is 13.4. The van der Waals surface area contributed by atoms with E-state index in [1.54, 1.807) is 20.0 Å². The fraction of sp³-hybridized carbons (Fsp3) is 0.533. The van der Waals surface area contributed by atoms with Crippen molar-refractivity contribution in [2.45, 2.75) is 38.8 Å². The molecule has 1 rings (SSSR count). The number of benzene rings is 1. The van der Waals surface area contributed by atoms with Crippen LogP contribution < -0.4 is 20.5 Å². The first-order valence-corrected chi connectivity index (χ1v) is 7.30. The predicted octanol–water partition coefficient (Wildman–Crippen LogP) is 2.14. The third kappa shape index (κ3) is 4.79. The molecule has 0 fully saturated rings. The smallest absolute Gasteiger partial charge is 0.260 e. The van der Waals surface area contributed by atoms with E-state index in [1.807, 2.05) is 13.0 Å². The van der Waals surface area contributed by atoms with Crippen LogP contribution in [0.1, 0.15) is 25.8 Å². The number of hydrogen-bond donors (Lipinski definition) is 2. The number of nitrogens with one attached hydrogen (secondary N) is 1. The molecule has 0 heterocycles. The molecule has 0 saturated heterocycles. The van der Waals surface area contributed by atoms with E-state index in [0.29, 0.717) is 22.9 Å². The van der Waals surface area contributed by atoms with E-state index >= 15 is 0 Å². The van der Waals surface area contributed by atoms with Gasteiger partial charge in [-0.25, -0.2) is 0 Å². The van der Waals surface area contributed by atoms with Gasteiger partial charge in [-0.05, 0) is 37.5 Å². The van der Waals surface area contributed by atoms with Gasteiger partial charge in [-0.3, -0.25) is 4.79 Å². The number of hydrogen-bond acceptors (Lipinski definition) is 4. The zero-order valence-corrected chi connectivity index (χ0v) is 13.7. The van der Waals surface area contributed by atoms with E-state index in [0.717, 1.165) is 12.0 Å². The Balaban J connectivity index is 3.02. The van der Waals surface area contributed by atoms with Crippen molar-refractivity contribution in [3.8, 4) is 11.5 Å². The SMILES string of the molecule is CCC(N)Cc1cc(Cl)c(OC(C)C(=O)NC)c(OC)c1. The summed E-state index contributed by atoms with van der Waals surface area (Å²) >= 11 is 6.25. The molecule has 0 aliphatic heterocycles. The van der Waals surface area contributed by atoms with E-state index in [9.17, 15) is 4.79 Å². The number of carbonyl (C=O) groups is 1. The lowest BCUT2D eigenvalue weighted by Gasteiger charge is -2.18. The minimum absolute atomic E-state index is 0.0716. The molecule has 6 heteroatoms. The summed E-state index contributed by atoms with van der Waals surface area (Å²) in [6.07, 6.45) is 0.925. The second-order valence-corrected chi connectivity index (χ2v) is 5.26. The van der Waals surface area contributed by atoms with Crippen LogP contribution in [0.5, 0.6) is 11.5 Å². The molecule has 0 aromatic heterocycles. The molecule has 0 aliphatic rings. The summed E-state index contributed by atoms with van der Waals surface area (Å²) < 4.78 is 10.9. The molecule has 0 aliphatic carbocycles. The van der Waals surface area contributed by atoms with Crippen molar-refractivity contribution in [1.82, 2.24) is 5.32 Å². The molecule has 1 aromatic rings. The molecule has 21 heavy (non-hydrogen) atoms. The third-order valence-corrected chi connectivity index (χ3v) is 3.50. The highest BCUT2D eigenvalue weighted by Crippen LogP contribution is 2.37. The average Bonchev–Trinajstić information content (AvgIpc) is 2.48. The Morgan fingerprint density at radius 3 is 2.67 bits per heavy atom. The Morgan fingerprint density at radius 1 is 1.48 bits per heavy atom. The number of amides is 1. The predicted molar refractivity (Wildman–Crippen MR) is 84.1 cm³/mol. The summed E-state index contributed by atoms with van der Waals surface area (Å²) in [6.45, 7) is 3.68. The number of nitrogens with two attached hydrogens (primary N) is 1. The van der Waals surface area contributed by atoms with Crippen molar-refractivity contribution in [3.05, 3.63) is 22.7 Å². The molecule has 2 unspecified atom stereocenters. The van der Waals surface area contributed by atoms with Gasteiger partial charge in [0, 0.05) is 13.1 Å². The van der Waals surface area contributed by atoms with Crippen LogP contribution in [0, 0.1) is 0 Å². The molecular formula is C15H23ClN2O3. The molecule has 0 saturated carbocycles. The zero-order chi connectivity index (χ0) is 16.0.